The molecular weight excluding hydrogens is 500 g/mol. The van der Waals surface area contributed by atoms with Gasteiger partial charge in [0.1, 0.15) is 12.4 Å². The first-order valence-electron chi connectivity index (χ1n) is 11.3. The third-order valence-electron chi connectivity index (χ3n) is 5.52. The number of imide groups is 1. The van der Waals surface area contributed by atoms with Crippen LogP contribution in [0.1, 0.15) is 17.5 Å². The number of aromatic nitrogens is 1. The molecule has 0 bridgehead atoms. The average molecular weight is 525 g/mol. The van der Waals surface area contributed by atoms with E-state index in [0.29, 0.717) is 23.1 Å². The van der Waals surface area contributed by atoms with Crippen LogP contribution in [-0.2, 0) is 22.8 Å². The Kier molecular flexibility index (Phi) is 8.39. The van der Waals surface area contributed by atoms with E-state index >= 15 is 0 Å². The Morgan fingerprint density at radius 1 is 1.08 bits per heavy atom. The lowest BCUT2D eigenvalue weighted by atomic mass is 10.2. The Labute approximate surface area is 218 Å². The molecule has 1 unspecified atom stereocenters. The molecule has 0 saturated carbocycles. The van der Waals surface area contributed by atoms with Crippen LogP contribution in [0.3, 0.4) is 0 Å². The molecule has 1 atom stereocenters. The number of halogens is 1. The molecule has 0 spiro atoms. The molecule has 1 aliphatic rings. The van der Waals surface area contributed by atoms with E-state index in [1.165, 1.54) is 4.90 Å². The molecule has 2 heterocycles. The fourth-order valence-corrected chi connectivity index (χ4v) is 3.73. The number of carbonyl (C=O) groups is 3. The van der Waals surface area contributed by atoms with Crippen molar-refractivity contribution in [2.75, 3.05) is 11.9 Å². The van der Waals surface area contributed by atoms with Gasteiger partial charge < -0.3 is 14.9 Å². The summed E-state index contributed by atoms with van der Waals surface area (Å²) in [5, 5.41) is 6.49. The summed E-state index contributed by atoms with van der Waals surface area (Å²) in [6.07, 6.45) is 2.33. The van der Waals surface area contributed by atoms with E-state index in [9.17, 15) is 14.4 Å². The molecule has 0 radical (unpaired) electrons. The maximum absolute atomic E-state index is 13.3. The van der Waals surface area contributed by atoms with E-state index < -0.39 is 24.3 Å². The summed E-state index contributed by atoms with van der Waals surface area (Å²) < 4.78 is 5.78. The summed E-state index contributed by atoms with van der Waals surface area (Å²) in [6.45, 7) is 0.349. The molecule has 37 heavy (non-hydrogen) atoms. The molecule has 3 aromatic rings. The van der Waals surface area contributed by atoms with Crippen molar-refractivity contribution in [3.8, 4) is 5.75 Å². The van der Waals surface area contributed by atoms with Crippen molar-refractivity contribution in [3.63, 3.8) is 0 Å². The molecule has 4 N–H and O–H groups in total. The van der Waals surface area contributed by atoms with E-state index in [1.54, 1.807) is 60.9 Å². The number of anilines is 1. The number of pyridine rings is 1. The van der Waals surface area contributed by atoms with Gasteiger partial charge in [0.2, 0.25) is 0 Å². The van der Waals surface area contributed by atoms with Crippen molar-refractivity contribution in [2.45, 2.75) is 25.9 Å². The van der Waals surface area contributed by atoms with Gasteiger partial charge in [-0.1, -0.05) is 29.8 Å². The monoisotopic (exact) mass is 524 g/mol. The summed E-state index contributed by atoms with van der Waals surface area (Å²) in [5.74, 6) is 4.78. The second-order valence-corrected chi connectivity index (χ2v) is 8.54. The topological polar surface area (TPSA) is 139 Å². The van der Waals surface area contributed by atoms with Crippen molar-refractivity contribution >= 4 is 35.3 Å². The average Bonchev–Trinajstić information content (AvgIpc) is 2.91. The molecule has 0 aliphatic carbocycles. The Balaban J connectivity index is 1.47. The Morgan fingerprint density at radius 2 is 1.84 bits per heavy atom. The summed E-state index contributed by atoms with van der Waals surface area (Å²) in [5.41, 5.74) is 2.38. The number of hydrogen-bond acceptors (Lipinski definition) is 8. The standard InChI is InChI=1S/C25H25ClN6O5/c26-19-5-3-17(4-6-19)15-32-23(30-24(34)31(25(32)35)13-11-22(33)37-27)29-20-7-9-21(10-8-20)36-16-18-2-1-12-28-14-18/h1-10,12,14,23,29H,11,13,15-16,27H2,(H,30,34). The number of urea groups is 2. The van der Waals surface area contributed by atoms with Gasteiger partial charge >= 0.3 is 18.0 Å². The van der Waals surface area contributed by atoms with Gasteiger partial charge in [-0.2, -0.15) is 5.90 Å². The van der Waals surface area contributed by atoms with Gasteiger partial charge in [-0.25, -0.2) is 14.5 Å². The predicted octanol–water partition coefficient (Wildman–Crippen LogP) is 3.46. The third-order valence-corrected chi connectivity index (χ3v) is 5.77. The van der Waals surface area contributed by atoms with Crippen LogP contribution in [0.15, 0.2) is 73.1 Å². The lowest BCUT2D eigenvalue weighted by molar-refractivity contribution is -0.144. The molecule has 11 nitrogen and oxygen atoms in total. The zero-order valence-electron chi connectivity index (χ0n) is 19.7. The van der Waals surface area contributed by atoms with Gasteiger partial charge in [0.05, 0.1) is 13.0 Å². The second kappa shape index (κ2) is 12.1. The first-order chi connectivity index (χ1) is 17.9. The normalized spacial score (nSPS) is 15.2. The van der Waals surface area contributed by atoms with Crippen molar-refractivity contribution in [3.05, 3.63) is 89.2 Å². The minimum atomic E-state index is -0.865. The molecular formula is C25H25ClN6O5. The highest BCUT2D eigenvalue weighted by atomic mass is 35.5. The molecule has 192 valence electrons. The summed E-state index contributed by atoms with van der Waals surface area (Å²) in [4.78, 5) is 48.1. The lowest BCUT2D eigenvalue weighted by Crippen LogP contribution is -2.67. The fraction of sp³-hybridized carbons (Fsp3) is 0.200. The summed E-state index contributed by atoms with van der Waals surface area (Å²) in [6, 6.07) is 16.6. The third kappa shape index (κ3) is 6.87. The first kappa shape index (κ1) is 25.7. The maximum Gasteiger partial charge on any atom is 0.331 e. The summed E-state index contributed by atoms with van der Waals surface area (Å²) >= 11 is 5.99. The fourth-order valence-electron chi connectivity index (χ4n) is 3.60. The Bertz CT molecular complexity index is 1230. The maximum atomic E-state index is 13.3. The van der Waals surface area contributed by atoms with Gasteiger partial charge in [0, 0.05) is 35.2 Å². The molecule has 1 aromatic heterocycles. The molecule has 1 saturated heterocycles. The smallest absolute Gasteiger partial charge is 0.331 e. The van der Waals surface area contributed by atoms with Crippen LogP contribution >= 0.6 is 11.6 Å². The van der Waals surface area contributed by atoms with Crippen molar-refractivity contribution in [1.82, 2.24) is 20.1 Å². The zero-order valence-corrected chi connectivity index (χ0v) is 20.4. The van der Waals surface area contributed by atoms with E-state index in [2.05, 4.69) is 20.5 Å². The van der Waals surface area contributed by atoms with Gasteiger partial charge in [-0.05, 0) is 48.0 Å². The van der Waals surface area contributed by atoms with Crippen molar-refractivity contribution in [2.24, 2.45) is 5.90 Å². The number of carbonyl (C=O) groups excluding carboxylic acids is 3. The number of hydrogen-bond donors (Lipinski definition) is 3. The van der Waals surface area contributed by atoms with Crippen molar-refractivity contribution in [1.29, 1.82) is 0 Å². The van der Waals surface area contributed by atoms with E-state index in [4.69, 9.17) is 22.2 Å². The van der Waals surface area contributed by atoms with Gasteiger partial charge in [-0.3, -0.25) is 20.0 Å². The van der Waals surface area contributed by atoms with Crippen LogP contribution in [0.25, 0.3) is 0 Å². The quantitative estimate of drug-likeness (QED) is 0.343. The molecule has 1 aliphatic heterocycles. The molecule has 2 aromatic carbocycles. The predicted molar refractivity (Wildman–Crippen MR) is 135 cm³/mol. The highest BCUT2D eigenvalue weighted by Gasteiger charge is 2.38. The van der Waals surface area contributed by atoms with E-state index in [1.807, 2.05) is 12.1 Å². The van der Waals surface area contributed by atoms with Crippen LogP contribution < -0.4 is 21.3 Å². The van der Waals surface area contributed by atoms with E-state index in [0.717, 1.165) is 16.0 Å². The Morgan fingerprint density at radius 3 is 2.51 bits per heavy atom. The molecule has 4 amide bonds. The number of ether oxygens (including phenoxy) is 1. The van der Waals surface area contributed by atoms with Crippen LogP contribution in [0.5, 0.6) is 5.75 Å². The number of nitrogens with zero attached hydrogens (tertiary/aromatic N) is 3. The van der Waals surface area contributed by atoms with Crippen LogP contribution in [0.4, 0.5) is 15.3 Å². The highest BCUT2D eigenvalue weighted by Crippen LogP contribution is 2.22. The van der Waals surface area contributed by atoms with Crippen LogP contribution in [-0.4, -0.2) is 45.6 Å². The van der Waals surface area contributed by atoms with Crippen LogP contribution in [0, 0.1) is 0 Å². The minimum Gasteiger partial charge on any atom is -0.489 e. The van der Waals surface area contributed by atoms with E-state index in [-0.39, 0.29) is 19.5 Å². The minimum absolute atomic E-state index is 0.165. The molecule has 1 fully saturated rings. The SMILES string of the molecule is NOC(=O)CCN1C(=O)NC(Nc2ccc(OCc3cccnc3)cc2)N(Cc2ccc(Cl)cc2)C1=O. The van der Waals surface area contributed by atoms with Crippen molar-refractivity contribution < 1.29 is 24.0 Å². The lowest BCUT2D eigenvalue weighted by Gasteiger charge is -2.41. The molecule has 4 rings (SSSR count). The van der Waals surface area contributed by atoms with Gasteiger partial charge in [0.15, 0.2) is 6.29 Å². The van der Waals surface area contributed by atoms with Crippen LogP contribution in [0.2, 0.25) is 5.02 Å². The molecule has 12 heteroatoms. The van der Waals surface area contributed by atoms with Gasteiger partial charge in [-0.15, -0.1) is 0 Å². The highest BCUT2D eigenvalue weighted by molar-refractivity contribution is 6.30. The number of amides is 4. The number of benzene rings is 2. The van der Waals surface area contributed by atoms with Gasteiger partial charge in [0.25, 0.3) is 0 Å². The largest absolute Gasteiger partial charge is 0.489 e. The number of nitrogens with one attached hydrogen (secondary N) is 2. The number of nitrogens with two attached hydrogens (primary N) is 1. The Hall–Kier alpha value is -4.35. The number of rotatable bonds is 10. The first-order valence-corrected chi connectivity index (χ1v) is 11.7. The second-order valence-electron chi connectivity index (χ2n) is 8.10. The zero-order chi connectivity index (χ0) is 26.2. The summed E-state index contributed by atoms with van der Waals surface area (Å²) in [7, 11) is 0.